The minimum atomic E-state index is -4.02. The van der Waals surface area contributed by atoms with Crippen LogP contribution in [0.2, 0.25) is 0 Å². The highest BCUT2D eigenvalue weighted by molar-refractivity contribution is 8.19. The van der Waals surface area contributed by atoms with Crippen molar-refractivity contribution in [2.45, 2.75) is 18.2 Å². The number of non-ortho nitro benzene ring substituents is 1. The number of nitro groups is 1. The topological polar surface area (TPSA) is 110 Å². The molecule has 0 N–H and O–H groups in total. The Hall–Kier alpha value is -3.24. The van der Waals surface area contributed by atoms with Gasteiger partial charge >= 0.3 is 0 Å². The van der Waals surface area contributed by atoms with Crippen LogP contribution in [0.3, 0.4) is 0 Å². The zero-order valence-corrected chi connectivity index (χ0v) is 18.2. The molecule has 1 saturated heterocycles. The van der Waals surface area contributed by atoms with Gasteiger partial charge in [0.15, 0.2) is 5.17 Å². The third-order valence-electron chi connectivity index (χ3n) is 4.43. The molecule has 1 aliphatic rings. The fourth-order valence-corrected chi connectivity index (χ4v) is 4.95. The van der Waals surface area contributed by atoms with Gasteiger partial charge in [-0.2, -0.15) is 8.42 Å². The average Bonchev–Trinajstić information content (AvgIpc) is 3.02. The van der Waals surface area contributed by atoms with Crippen LogP contribution in [-0.4, -0.2) is 35.9 Å². The van der Waals surface area contributed by atoms with Crippen LogP contribution < -0.4 is 0 Å². The molecular formula is C21H19N3O5S2. The van der Waals surface area contributed by atoms with E-state index in [2.05, 4.69) is 11.0 Å². The second kappa shape index (κ2) is 9.27. The SMILES string of the molecule is C=CCN1C(=O)/C(=C/c2ccc([N+](=O)[O-])cc2)SC1=NS(=O)(=O)c1ccc(CC)cc1. The molecule has 0 saturated carbocycles. The molecule has 160 valence electrons. The van der Waals surface area contributed by atoms with Gasteiger partial charge in [0.1, 0.15) is 0 Å². The number of rotatable bonds is 7. The Labute approximate surface area is 184 Å². The smallest absolute Gasteiger partial charge is 0.282 e. The van der Waals surface area contributed by atoms with Crippen molar-refractivity contribution < 1.29 is 18.1 Å². The van der Waals surface area contributed by atoms with E-state index in [0.29, 0.717) is 5.56 Å². The van der Waals surface area contributed by atoms with Crippen LogP contribution >= 0.6 is 11.8 Å². The standard InChI is InChI=1S/C21H19N3O5S2/c1-3-13-23-20(25)19(14-16-5-9-17(10-6-16)24(26)27)30-21(23)22-31(28,29)18-11-7-15(4-2)8-12-18/h3,5-12,14H,1,4,13H2,2H3/b19-14-,22-21?. The van der Waals surface area contributed by atoms with E-state index in [1.54, 1.807) is 12.1 Å². The van der Waals surface area contributed by atoms with Gasteiger partial charge in [0, 0.05) is 18.7 Å². The van der Waals surface area contributed by atoms with Crippen molar-refractivity contribution in [1.29, 1.82) is 0 Å². The fraction of sp³-hybridized carbons (Fsp3) is 0.143. The van der Waals surface area contributed by atoms with E-state index in [9.17, 15) is 23.3 Å². The van der Waals surface area contributed by atoms with Gasteiger partial charge in [0.2, 0.25) is 0 Å². The third kappa shape index (κ3) is 5.09. The van der Waals surface area contributed by atoms with Gasteiger partial charge < -0.3 is 0 Å². The molecule has 0 spiro atoms. The van der Waals surface area contributed by atoms with Crippen LogP contribution in [0.25, 0.3) is 6.08 Å². The van der Waals surface area contributed by atoms with Gasteiger partial charge in [-0.3, -0.25) is 19.8 Å². The average molecular weight is 458 g/mol. The highest BCUT2D eigenvalue weighted by Gasteiger charge is 2.34. The maximum atomic E-state index is 12.8. The zero-order valence-electron chi connectivity index (χ0n) is 16.6. The molecule has 1 aliphatic heterocycles. The first kappa shape index (κ1) is 22.4. The zero-order chi connectivity index (χ0) is 22.6. The van der Waals surface area contributed by atoms with Gasteiger partial charge in [-0.1, -0.05) is 25.1 Å². The van der Waals surface area contributed by atoms with Crippen molar-refractivity contribution in [2.24, 2.45) is 4.40 Å². The maximum absolute atomic E-state index is 12.8. The van der Waals surface area contributed by atoms with Crippen LogP contribution in [0.5, 0.6) is 0 Å². The lowest BCUT2D eigenvalue weighted by atomic mass is 10.2. The van der Waals surface area contributed by atoms with Gasteiger partial charge in [-0.15, -0.1) is 11.0 Å². The van der Waals surface area contributed by atoms with Gasteiger partial charge in [-0.05, 0) is 59.7 Å². The molecule has 1 amide bonds. The van der Waals surface area contributed by atoms with Crippen molar-refractivity contribution in [3.05, 3.63) is 87.3 Å². The number of hydrogen-bond donors (Lipinski definition) is 0. The summed E-state index contributed by atoms with van der Waals surface area (Å²) in [6, 6.07) is 12.1. The minimum Gasteiger partial charge on any atom is -0.282 e. The molecular weight excluding hydrogens is 438 g/mol. The summed E-state index contributed by atoms with van der Waals surface area (Å²) in [6.07, 6.45) is 3.80. The third-order valence-corrected chi connectivity index (χ3v) is 6.83. The molecule has 0 aliphatic carbocycles. The Morgan fingerprint density at radius 3 is 2.35 bits per heavy atom. The predicted octanol–water partition coefficient (Wildman–Crippen LogP) is 4.00. The predicted molar refractivity (Wildman–Crippen MR) is 121 cm³/mol. The van der Waals surface area contributed by atoms with Gasteiger partial charge in [0.05, 0.1) is 14.7 Å². The summed E-state index contributed by atoms with van der Waals surface area (Å²) in [7, 11) is -4.02. The first-order chi connectivity index (χ1) is 14.7. The van der Waals surface area contributed by atoms with E-state index < -0.39 is 20.9 Å². The maximum Gasteiger partial charge on any atom is 0.284 e. The Bertz CT molecular complexity index is 1180. The molecule has 1 fully saturated rings. The summed E-state index contributed by atoms with van der Waals surface area (Å²) in [5.41, 5.74) is 1.50. The number of thioether (sulfide) groups is 1. The van der Waals surface area contributed by atoms with Crippen molar-refractivity contribution >= 4 is 44.6 Å². The molecule has 2 aromatic rings. The minimum absolute atomic E-state index is 0.0256. The summed E-state index contributed by atoms with van der Waals surface area (Å²) in [4.78, 5) is 24.6. The summed E-state index contributed by atoms with van der Waals surface area (Å²) in [6.45, 7) is 5.67. The normalized spacial score (nSPS) is 16.8. The molecule has 0 atom stereocenters. The lowest BCUT2D eigenvalue weighted by Gasteiger charge is -2.12. The first-order valence-corrected chi connectivity index (χ1v) is 11.5. The second-order valence-electron chi connectivity index (χ2n) is 6.51. The number of amides is 1. The van der Waals surface area contributed by atoms with Crippen molar-refractivity contribution in [2.75, 3.05) is 6.54 Å². The summed E-state index contributed by atoms with van der Waals surface area (Å²) >= 11 is 0.928. The number of nitro benzene ring substituents is 1. The number of carbonyl (C=O) groups excluding carboxylic acids is 1. The van der Waals surface area contributed by atoms with Gasteiger partial charge in [0.25, 0.3) is 21.6 Å². The van der Waals surface area contributed by atoms with E-state index in [0.717, 1.165) is 23.7 Å². The van der Waals surface area contributed by atoms with E-state index in [1.165, 1.54) is 53.5 Å². The number of aryl methyl sites for hydroxylation is 1. The number of carbonyl (C=O) groups is 1. The fourth-order valence-electron chi connectivity index (χ4n) is 2.76. The highest BCUT2D eigenvalue weighted by Crippen LogP contribution is 2.34. The Morgan fingerprint density at radius 2 is 1.81 bits per heavy atom. The van der Waals surface area contributed by atoms with Crippen molar-refractivity contribution in [1.82, 2.24) is 4.90 Å². The molecule has 31 heavy (non-hydrogen) atoms. The molecule has 0 bridgehead atoms. The lowest BCUT2D eigenvalue weighted by Crippen LogP contribution is -2.29. The lowest BCUT2D eigenvalue weighted by molar-refractivity contribution is -0.384. The van der Waals surface area contributed by atoms with E-state index in [-0.39, 0.29) is 27.2 Å². The molecule has 1 heterocycles. The van der Waals surface area contributed by atoms with Crippen molar-refractivity contribution in [3.63, 3.8) is 0 Å². The number of benzene rings is 2. The van der Waals surface area contributed by atoms with Crippen molar-refractivity contribution in [3.8, 4) is 0 Å². The number of hydrogen-bond acceptors (Lipinski definition) is 6. The number of nitrogens with zero attached hydrogens (tertiary/aromatic N) is 3. The summed E-state index contributed by atoms with van der Waals surface area (Å²) < 4.78 is 29.4. The Morgan fingerprint density at radius 1 is 1.16 bits per heavy atom. The molecule has 3 rings (SSSR count). The molecule has 0 radical (unpaired) electrons. The van der Waals surface area contributed by atoms with E-state index in [1.807, 2.05) is 6.92 Å². The number of amidine groups is 1. The molecule has 10 heteroatoms. The van der Waals surface area contributed by atoms with E-state index >= 15 is 0 Å². The molecule has 8 nitrogen and oxygen atoms in total. The number of sulfonamides is 1. The Balaban J connectivity index is 1.94. The van der Waals surface area contributed by atoms with Crippen LogP contribution in [0.15, 0.2) is 75.4 Å². The molecule has 0 aromatic heterocycles. The molecule has 0 unspecified atom stereocenters. The summed E-state index contributed by atoms with van der Waals surface area (Å²) in [5, 5.41) is 10.8. The summed E-state index contributed by atoms with van der Waals surface area (Å²) in [5.74, 6) is -0.418. The first-order valence-electron chi connectivity index (χ1n) is 9.26. The monoisotopic (exact) mass is 457 g/mol. The van der Waals surface area contributed by atoms with Crippen LogP contribution in [-0.2, 0) is 21.2 Å². The van der Waals surface area contributed by atoms with Crippen LogP contribution in [0, 0.1) is 10.1 Å². The quantitative estimate of drug-likeness (QED) is 0.269. The highest BCUT2D eigenvalue weighted by atomic mass is 32.2. The van der Waals surface area contributed by atoms with Crippen LogP contribution in [0.4, 0.5) is 5.69 Å². The van der Waals surface area contributed by atoms with E-state index in [4.69, 9.17) is 0 Å². The second-order valence-corrected chi connectivity index (χ2v) is 9.12. The van der Waals surface area contributed by atoms with Gasteiger partial charge in [-0.25, -0.2) is 0 Å². The van der Waals surface area contributed by atoms with Crippen LogP contribution in [0.1, 0.15) is 18.1 Å². The Kier molecular flexibility index (Phi) is 6.71. The largest absolute Gasteiger partial charge is 0.284 e. The molecule has 2 aromatic carbocycles.